The number of rotatable bonds is 7. The third-order valence-electron chi connectivity index (χ3n) is 3.44. The molecule has 2 rings (SSSR count). The summed E-state index contributed by atoms with van der Waals surface area (Å²) in [6.45, 7) is 1.46. The van der Waals surface area contributed by atoms with E-state index in [-0.39, 0.29) is 4.90 Å². The van der Waals surface area contributed by atoms with Gasteiger partial charge < -0.3 is 10.1 Å². The Hall–Kier alpha value is -2.59. The number of hydrogen-bond donors (Lipinski definition) is 2. The molecular weight excluding hydrogens is 385 g/mol. The van der Waals surface area contributed by atoms with E-state index < -0.39 is 34.6 Å². The Morgan fingerprint density at radius 1 is 1.04 bits per heavy atom. The first-order valence-electron chi connectivity index (χ1n) is 7.83. The van der Waals surface area contributed by atoms with Crippen LogP contribution < -0.4 is 14.8 Å². The van der Waals surface area contributed by atoms with Gasteiger partial charge in [0, 0.05) is 5.69 Å². The summed E-state index contributed by atoms with van der Waals surface area (Å²) in [6.07, 6.45) is -4.02. The van der Waals surface area contributed by atoms with Crippen LogP contribution in [-0.2, 0) is 21.2 Å². The van der Waals surface area contributed by atoms with Crippen molar-refractivity contribution in [3.05, 3.63) is 54.1 Å². The molecule has 0 spiro atoms. The molecule has 0 atom stereocenters. The molecule has 0 aliphatic rings. The molecule has 2 aromatic carbocycles. The Kier molecular flexibility index (Phi) is 6.45. The van der Waals surface area contributed by atoms with Gasteiger partial charge in [0.2, 0.25) is 15.9 Å². The Bertz CT molecular complexity index is 880. The highest BCUT2D eigenvalue weighted by atomic mass is 32.2. The van der Waals surface area contributed by atoms with Crippen molar-refractivity contribution in [3.63, 3.8) is 0 Å². The lowest BCUT2D eigenvalue weighted by Crippen LogP contribution is -2.32. The lowest BCUT2D eigenvalue weighted by molar-refractivity contribution is -0.274. The minimum Gasteiger partial charge on any atom is -0.406 e. The van der Waals surface area contributed by atoms with Crippen LogP contribution in [-0.4, -0.2) is 27.2 Å². The summed E-state index contributed by atoms with van der Waals surface area (Å²) in [4.78, 5) is 11.6. The lowest BCUT2D eigenvalue weighted by Gasteiger charge is -2.10. The predicted octanol–water partition coefficient (Wildman–Crippen LogP) is 3.06. The van der Waals surface area contributed by atoms with Crippen molar-refractivity contribution in [1.29, 1.82) is 0 Å². The largest absolute Gasteiger partial charge is 0.573 e. The van der Waals surface area contributed by atoms with Crippen LogP contribution in [0.3, 0.4) is 0 Å². The second kappa shape index (κ2) is 8.40. The maximum atomic E-state index is 12.1. The summed E-state index contributed by atoms with van der Waals surface area (Å²) in [5, 5.41) is 2.54. The van der Waals surface area contributed by atoms with E-state index in [1.54, 1.807) is 12.1 Å². The first kappa shape index (κ1) is 20.7. The quantitative estimate of drug-likeness (QED) is 0.746. The average Bonchev–Trinajstić information content (AvgIpc) is 2.60. The number of amides is 1. The third-order valence-corrected chi connectivity index (χ3v) is 4.85. The minimum absolute atomic E-state index is 0.294. The van der Waals surface area contributed by atoms with E-state index in [1.165, 1.54) is 0 Å². The fourth-order valence-corrected chi connectivity index (χ4v) is 3.08. The van der Waals surface area contributed by atoms with Crippen molar-refractivity contribution < 1.29 is 31.1 Å². The monoisotopic (exact) mass is 402 g/mol. The summed E-state index contributed by atoms with van der Waals surface area (Å²) in [6, 6.07) is 10.7. The number of aryl methyl sites for hydroxylation is 1. The van der Waals surface area contributed by atoms with Gasteiger partial charge in [0.1, 0.15) is 5.75 Å². The second-order valence-electron chi connectivity index (χ2n) is 5.44. The van der Waals surface area contributed by atoms with Gasteiger partial charge in [-0.05, 0) is 48.4 Å². The Labute approximate surface area is 154 Å². The number of halogens is 3. The molecule has 0 saturated heterocycles. The molecular formula is C17H17F3N2O4S. The third kappa shape index (κ3) is 6.57. The van der Waals surface area contributed by atoms with Crippen LogP contribution >= 0.6 is 0 Å². The molecule has 27 heavy (non-hydrogen) atoms. The highest BCUT2D eigenvalue weighted by Crippen LogP contribution is 2.23. The Morgan fingerprint density at radius 2 is 1.63 bits per heavy atom. The van der Waals surface area contributed by atoms with E-state index in [0.29, 0.717) is 5.69 Å². The fourth-order valence-electron chi connectivity index (χ4n) is 2.09. The zero-order chi connectivity index (χ0) is 20.1. The molecule has 0 aliphatic heterocycles. The molecule has 0 radical (unpaired) electrons. The molecule has 10 heteroatoms. The number of sulfonamides is 1. The van der Waals surface area contributed by atoms with Gasteiger partial charge in [0.15, 0.2) is 0 Å². The number of ether oxygens (including phenoxy) is 1. The number of carbonyl (C=O) groups is 1. The maximum Gasteiger partial charge on any atom is 0.573 e. The summed E-state index contributed by atoms with van der Waals surface area (Å²) in [7, 11) is -4.07. The number of anilines is 1. The number of carbonyl (C=O) groups excluding carboxylic acids is 1. The molecule has 2 aromatic rings. The van der Waals surface area contributed by atoms with E-state index >= 15 is 0 Å². The smallest absolute Gasteiger partial charge is 0.406 e. The number of alkyl halides is 3. The van der Waals surface area contributed by atoms with Crippen molar-refractivity contribution in [2.45, 2.75) is 24.6 Å². The van der Waals surface area contributed by atoms with E-state index in [9.17, 15) is 26.4 Å². The summed E-state index contributed by atoms with van der Waals surface area (Å²) in [5.41, 5.74) is 1.61. The zero-order valence-corrected chi connectivity index (χ0v) is 15.0. The van der Waals surface area contributed by atoms with E-state index in [0.717, 1.165) is 36.2 Å². The Balaban J connectivity index is 1.94. The van der Waals surface area contributed by atoms with E-state index in [4.69, 9.17) is 0 Å². The fraction of sp³-hybridized carbons (Fsp3) is 0.235. The summed E-state index contributed by atoms with van der Waals surface area (Å²) < 4.78 is 66.3. The van der Waals surface area contributed by atoms with E-state index in [2.05, 4.69) is 14.8 Å². The van der Waals surface area contributed by atoms with Gasteiger partial charge in [-0.25, -0.2) is 13.1 Å². The summed E-state index contributed by atoms with van der Waals surface area (Å²) >= 11 is 0. The molecule has 1 amide bonds. The van der Waals surface area contributed by atoms with Crippen LogP contribution in [0.2, 0.25) is 0 Å². The van der Waals surface area contributed by atoms with Crippen molar-refractivity contribution in [3.8, 4) is 5.75 Å². The van der Waals surface area contributed by atoms with Crippen molar-refractivity contribution in [2.75, 3.05) is 11.9 Å². The maximum absolute atomic E-state index is 12.1. The molecule has 146 valence electrons. The molecule has 0 unspecified atom stereocenters. The molecule has 0 saturated carbocycles. The van der Waals surface area contributed by atoms with Crippen molar-refractivity contribution >= 4 is 21.6 Å². The number of benzene rings is 2. The van der Waals surface area contributed by atoms with Gasteiger partial charge in [0.05, 0.1) is 11.4 Å². The highest BCUT2D eigenvalue weighted by molar-refractivity contribution is 7.89. The van der Waals surface area contributed by atoms with Crippen LogP contribution in [0.4, 0.5) is 18.9 Å². The van der Waals surface area contributed by atoms with Crippen LogP contribution in [0, 0.1) is 0 Å². The predicted molar refractivity (Wildman–Crippen MR) is 92.8 cm³/mol. The highest BCUT2D eigenvalue weighted by Gasteiger charge is 2.31. The SMILES string of the molecule is CCc1ccc(NC(=O)CNS(=O)(=O)c2ccc(OC(F)(F)F)cc2)cc1. The van der Waals surface area contributed by atoms with Gasteiger partial charge in [-0.3, -0.25) is 4.79 Å². The Morgan fingerprint density at radius 3 is 2.15 bits per heavy atom. The van der Waals surface area contributed by atoms with Crippen LogP contribution in [0.15, 0.2) is 53.4 Å². The van der Waals surface area contributed by atoms with Gasteiger partial charge in [-0.15, -0.1) is 13.2 Å². The number of nitrogens with one attached hydrogen (secondary N) is 2. The van der Waals surface area contributed by atoms with Gasteiger partial charge >= 0.3 is 6.36 Å². The van der Waals surface area contributed by atoms with Crippen LogP contribution in [0.25, 0.3) is 0 Å². The molecule has 0 bridgehead atoms. The molecule has 2 N–H and O–H groups in total. The standard InChI is InChI=1S/C17H17F3N2O4S/c1-2-12-3-5-13(6-4-12)22-16(23)11-21-27(24,25)15-9-7-14(8-10-15)26-17(18,19)20/h3-10,21H,2,11H2,1H3,(H,22,23). The number of hydrogen-bond acceptors (Lipinski definition) is 4. The van der Waals surface area contributed by atoms with Crippen LogP contribution in [0.5, 0.6) is 5.75 Å². The van der Waals surface area contributed by atoms with Crippen molar-refractivity contribution in [2.24, 2.45) is 0 Å². The molecule has 0 fully saturated rings. The summed E-state index contributed by atoms with van der Waals surface area (Å²) in [5.74, 6) is -1.13. The van der Waals surface area contributed by atoms with E-state index in [1.807, 2.05) is 19.1 Å². The first-order valence-corrected chi connectivity index (χ1v) is 9.31. The lowest BCUT2D eigenvalue weighted by atomic mass is 10.1. The second-order valence-corrected chi connectivity index (χ2v) is 7.21. The van der Waals surface area contributed by atoms with Gasteiger partial charge in [-0.2, -0.15) is 0 Å². The van der Waals surface area contributed by atoms with Gasteiger partial charge in [0.25, 0.3) is 0 Å². The topological polar surface area (TPSA) is 84.5 Å². The van der Waals surface area contributed by atoms with Gasteiger partial charge in [-0.1, -0.05) is 19.1 Å². The molecule has 0 aromatic heterocycles. The average molecular weight is 402 g/mol. The zero-order valence-electron chi connectivity index (χ0n) is 14.2. The molecule has 6 nitrogen and oxygen atoms in total. The molecule has 0 aliphatic carbocycles. The first-order chi connectivity index (χ1) is 12.6. The molecule has 0 heterocycles. The van der Waals surface area contributed by atoms with Crippen molar-refractivity contribution in [1.82, 2.24) is 4.72 Å². The minimum atomic E-state index is -4.87. The normalized spacial score (nSPS) is 11.9. The van der Waals surface area contributed by atoms with Crippen LogP contribution in [0.1, 0.15) is 12.5 Å².